The molecule has 0 aliphatic carbocycles. The Hall–Kier alpha value is -1.30. The molecular formula is C9H7ClF3NO2. The van der Waals surface area contributed by atoms with E-state index in [2.05, 4.69) is 9.72 Å². The highest BCUT2D eigenvalue weighted by Crippen LogP contribution is 2.24. The van der Waals surface area contributed by atoms with E-state index < -0.39 is 35.5 Å². The molecule has 3 nitrogen and oxygen atoms in total. The van der Waals surface area contributed by atoms with Gasteiger partial charge in [0.05, 0.1) is 13.5 Å². The molecule has 0 spiro atoms. The van der Waals surface area contributed by atoms with Gasteiger partial charge in [0.15, 0.2) is 11.0 Å². The van der Waals surface area contributed by atoms with Crippen LogP contribution >= 0.6 is 11.6 Å². The second-order valence-corrected chi connectivity index (χ2v) is 3.22. The van der Waals surface area contributed by atoms with Crippen LogP contribution in [-0.4, -0.2) is 18.1 Å². The van der Waals surface area contributed by atoms with Crippen molar-refractivity contribution >= 4 is 17.6 Å². The molecule has 0 bridgehead atoms. The maximum atomic E-state index is 13.3. The summed E-state index contributed by atoms with van der Waals surface area (Å²) in [6, 6.07) is 0.794. The molecule has 1 heterocycles. The Labute approximate surface area is 94.2 Å². The number of pyridine rings is 1. The average Bonchev–Trinajstić information content (AvgIpc) is 2.23. The van der Waals surface area contributed by atoms with Crippen LogP contribution in [0.3, 0.4) is 0 Å². The molecule has 0 aliphatic heterocycles. The first-order valence-electron chi connectivity index (χ1n) is 4.15. The third-order valence-corrected chi connectivity index (χ3v) is 2.05. The van der Waals surface area contributed by atoms with Gasteiger partial charge in [-0.3, -0.25) is 4.79 Å². The number of carbonyl (C=O) groups excluding carboxylic acids is 1. The second kappa shape index (κ2) is 5.16. The lowest BCUT2D eigenvalue weighted by Gasteiger charge is -2.06. The standard InChI is InChI=1S/C9H7ClF3NO2/c1-16-6(15)3-4-2-5(9(12)13)14-8(10)7(4)11/h2,9H,3H2,1H3. The van der Waals surface area contributed by atoms with E-state index in [1.54, 1.807) is 0 Å². The van der Waals surface area contributed by atoms with Crippen LogP contribution in [0.15, 0.2) is 6.07 Å². The molecule has 0 radical (unpaired) electrons. The number of hydrogen-bond acceptors (Lipinski definition) is 3. The fourth-order valence-corrected chi connectivity index (χ4v) is 1.26. The van der Waals surface area contributed by atoms with Gasteiger partial charge < -0.3 is 4.74 Å². The molecule has 0 saturated carbocycles. The minimum Gasteiger partial charge on any atom is -0.469 e. The normalized spacial score (nSPS) is 10.6. The molecule has 0 N–H and O–H groups in total. The van der Waals surface area contributed by atoms with E-state index in [-0.39, 0.29) is 5.56 Å². The lowest BCUT2D eigenvalue weighted by molar-refractivity contribution is -0.139. The van der Waals surface area contributed by atoms with Gasteiger partial charge in [-0.25, -0.2) is 18.2 Å². The van der Waals surface area contributed by atoms with Crippen molar-refractivity contribution in [2.24, 2.45) is 0 Å². The molecule has 1 rings (SSSR count). The summed E-state index contributed by atoms with van der Waals surface area (Å²) < 4.78 is 42.2. The summed E-state index contributed by atoms with van der Waals surface area (Å²) in [6.45, 7) is 0. The van der Waals surface area contributed by atoms with Gasteiger partial charge in [-0.15, -0.1) is 0 Å². The first-order valence-corrected chi connectivity index (χ1v) is 4.53. The van der Waals surface area contributed by atoms with Gasteiger partial charge in [0, 0.05) is 5.56 Å². The van der Waals surface area contributed by atoms with Crippen molar-refractivity contribution in [1.82, 2.24) is 4.98 Å². The first kappa shape index (κ1) is 12.8. The van der Waals surface area contributed by atoms with Crippen LogP contribution in [0.2, 0.25) is 5.15 Å². The summed E-state index contributed by atoms with van der Waals surface area (Å²) in [4.78, 5) is 14.0. The number of aromatic nitrogens is 1. The van der Waals surface area contributed by atoms with E-state index in [0.29, 0.717) is 0 Å². The third kappa shape index (κ3) is 2.85. The molecule has 1 aromatic rings. The molecule has 0 atom stereocenters. The van der Waals surface area contributed by atoms with E-state index in [0.717, 1.165) is 13.2 Å². The summed E-state index contributed by atoms with van der Waals surface area (Å²) in [6.07, 6.45) is -3.35. The quantitative estimate of drug-likeness (QED) is 0.614. The third-order valence-electron chi connectivity index (χ3n) is 1.80. The number of hydrogen-bond donors (Lipinski definition) is 0. The van der Waals surface area contributed by atoms with Crippen LogP contribution in [0.5, 0.6) is 0 Å². The minimum atomic E-state index is -2.88. The Morgan fingerprint density at radius 1 is 1.62 bits per heavy atom. The first-order chi connectivity index (χ1) is 7.45. The van der Waals surface area contributed by atoms with Gasteiger partial charge in [0.25, 0.3) is 6.43 Å². The highest BCUT2D eigenvalue weighted by molar-refractivity contribution is 6.29. The maximum absolute atomic E-state index is 13.3. The Morgan fingerprint density at radius 3 is 2.75 bits per heavy atom. The van der Waals surface area contributed by atoms with Crippen molar-refractivity contribution in [2.75, 3.05) is 7.11 Å². The van der Waals surface area contributed by atoms with Crippen LogP contribution in [-0.2, 0) is 16.0 Å². The summed E-state index contributed by atoms with van der Waals surface area (Å²) in [7, 11) is 1.11. The smallest absolute Gasteiger partial charge is 0.310 e. The molecular weight excluding hydrogens is 247 g/mol. The van der Waals surface area contributed by atoms with E-state index in [1.165, 1.54) is 0 Å². The fraction of sp³-hybridized carbons (Fsp3) is 0.333. The zero-order chi connectivity index (χ0) is 12.3. The number of rotatable bonds is 3. The highest BCUT2D eigenvalue weighted by Gasteiger charge is 2.18. The SMILES string of the molecule is COC(=O)Cc1cc(C(F)F)nc(Cl)c1F. The molecule has 0 amide bonds. The van der Waals surface area contributed by atoms with Crippen molar-refractivity contribution in [3.05, 3.63) is 28.3 Å². The zero-order valence-electron chi connectivity index (χ0n) is 8.14. The number of ether oxygens (including phenoxy) is 1. The summed E-state index contributed by atoms with van der Waals surface area (Å²) >= 11 is 5.32. The summed E-state index contributed by atoms with van der Waals surface area (Å²) in [5.74, 6) is -1.74. The fourth-order valence-electron chi connectivity index (χ4n) is 1.04. The molecule has 0 saturated heterocycles. The van der Waals surface area contributed by atoms with Crippen LogP contribution in [0.1, 0.15) is 17.7 Å². The second-order valence-electron chi connectivity index (χ2n) is 2.86. The number of methoxy groups -OCH3 is 1. The number of halogens is 4. The van der Waals surface area contributed by atoms with Crippen molar-refractivity contribution in [2.45, 2.75) is 12.8 Å². The minimum absolute atomic E-state index is 0.262. The maximum Gasteiger partial charge on any atom is 0.310 e. The lowest BCUT2D eigenvalue weighted by atomic mass is 10.1. The van der Waals surface area contributed by atoms with E-state index in [1.807, 2.05) is 0 Å². The van der Waals surface area contributed by atoms with E-state index in [9.17, 15) is 18.0 Å². The molecule has 0 aliphatic rings. The number of alkyl halides is 2. The molecule has 88 valence electrons. The van der Waals surface area contributed by atoms with Crippen molar-refractivity contribution in [3.8, 4) is 0 Å². The number of carbonyl (C=O) groups is 1. The van der Waals surface area contributed by atoms with Crippen molar-refractivity contribution in [3.63, 3.8) is 0 Å². The molecule has 16 heavy (non-hydrogen) atoms. The number of esters is 1. The predicted octanol–water partition coefficient (Wildman–Crippen LogP) is 2.53. The topological polar surface area (TPSA) is 39.2 Å². The monoisotopic (exact) mass is 253 g/mol. The molecule has 0 fully saturated rings. The number of nitrogens with zero attached hydrogens (tertiary/aromatic N) is 1. The average molecular weight is 254 g/mol. The summed E-state index contributed by atoms with van der Waals surface area (Å²) in [5, 5.41) is -0.684. The molecule has 0 aromatic carbocycles. The Bertz CT molecular complexity index is 412. The van der Waals surface area contributed by atoms with Crippen LogP contribution in [0.4, 0.5) is 13.2 Å². The van der Waals surface area contributed by atoms with Gasteiger partial charge >= 0.3 is 5.97 Å². The lowest BCUT2D eigenvalue weighted by Crippen LogP contribution is -2.08. The Kier molecular flexibility index (Phi) is 4.12. The van der Waals surface area contributed by atoms with Gasteiger partial charge in [-0.05, 0) is 6.07 Å². The molecule has 0 unspecified atom stereocenters. The van der Waals surface area contributed by atoms with E-state index >= 15 is 0 Å². The van der Waals surface area contributed by atoms with Crippen LogP contribution in [0, 0.1) is 5.82 Å². The van der Waals surface area contributed by atoms with Crippen LogP contribution < -0.4 is 0 Å². The Balaban J connectivity index is 3.11. The van der Waals surface area contributed by atoms with Crippen LogP contribution in [0.25, 0.3) is 0 Å². The highest BCUT2D eigenvalue weighted by atomic mass is 35.5. The van der Waals surface area contributed by atoms with E-state index in [4.69, 9.17) is 11.6 Å². The molecule has 7 heteroatoms. The zero-order valence-corrected chi connectivity index (χ0v) is 8.89. The molecule has 1 aromatic heterocycles. The largest absolute Gasteiger partial charge is 0.469 e. The van der Waals surface area contributed by atoms with Gasteiger partial charge in [-0.2, -0.15) is 0 Å². The van der Waals surface area contributed by atoms with Gasteiger partial charge in [-0.1, -0.05) is 11.6 Å². The van der Waals surface area contributed by atoms with Crippen molar-refractivity contribution < 1.29 is 22.7 Å². The van der Waals surface area contributed by atoms with Gasteiger partial charge in [0.2, 0.25) is 0 Å². The predicted molar refractivity (Wildman–Crippen MR) is 49.9 cm³/mol. The summed E-state index contributed by atoms with van der Waals surface area (Å²) in [5.41, 5.74) is -0.938. The van der Waals surface area contributed by atoms with Crippen molar-refractivity contribution in [1.29, 1.82) is 0 Å². The van der Waals surface area contributed by atoms with Gasteiger partial charge in [0.1, 0.15) is 5.69 Å². The Morgan fingerprint density at radius 2 is 2.25 bits per heavy atom.